The van der Waals surface area contributed by atoms with Gasteiger partial charge in [-0.1, -0.05) is 26.0 Å². The summed E-state index contributed by atoms with van der Waals surface area (Å²) in [6.45, 7) is 7.05. The van der Waals surface area contributed by atoms with Crippen LogP contribution in [0.3, 0.4) is 0 Å². The van der Waals surface area contributed by atoms with E-state index in [0.29, 0.717) is 30.3 Å². The summed E-state index contributed by atoms with van der Waals surface area (Å²) in [7, 11) is 0. The monoisotopic (exact) mass is 417 g/mol. The molecule has 0 bridgehead atoms. The maximum atomic E-state index is 12.5. The van der Waals surface area contributed by atoms with Gasteiger partial charge in [-0.15, -0.1) is 0 Å². The highest BCUT2D eigenvalue weighted by Crippen LogP contribution is 2.21. The molecule has 0 unspecified atom stereocenters. The van der Waals surface area contributed by atoms with Gasteiger partial charge in [-0.05, 0) is 60.0 Å². The Hall–Kier alpha value is -3.54. The number of hydrogen-bond donors (Lipinski definition) is 1. The van der Waals surface area contributed by atoms with Crippen molar-refractivity contribution in [3.63, 3.8) is 0 Å². The zero-order valence-electron chi connectivity index (χ0n) is 17.9. The van der Waals surface area contributed by atoms with Gasteiger partial charge in [0.25, 0.3) is 11.8 Å². The maximum absolute atomic E-state index is 12.5. The van der Waals surface area contributed by atoms with Crippen molar-refractivity contribution in [1.29, 1.82) is 0 Å². The molecule has 0 spiro atoms. The Kier molecular flexibility index (Phi) is 6.07. The first-order valence-electron chi connectivity index (χ1n) is 10.6. The fraction of sp³-hybridized carbons (Fsp3) is 0.280. The molecule has 2 heterocycles. The van der Waals surface area contributed by atoms with Gasteiger partial charge in [0.2, 0.25) is 0 Å². The first kappa shape index (κ1) is 20.7. The van der Waals surface area contributed by atoms with E-state index in [0.717, 1.165) is 24.5 Å². The summed E-state index contributed by atoms with van der Waals surface area (Å²) < 4.78 is 5.21. The molecule has 6 heteroatoms. The molecule has 3 aromatic rings. The van der Waals surface area contributed by atoms with Gasteiger partial charge in [0.05, 0.1) is 6.26 Å². The minimum atomic E-state index is -0.117. The SMILES string of the molecule is CC(C)c1ccc(C(=O)Nc2ccc(N3CCN(C(=O)c4ccco4)CC3)cc2)cc1. The van der Waals surface area contributed by atoms with Crippen LogP contribution in [0.4, 0.5) is 11.4 Å². The van der Waals surface area contributed by atoms with E-state index in [4.69, 9.17) is 4.42 Å². The molecule has 0 radical (unpaired) electrons. The van der Waals surface area contributed by atoms with Crippen LogP contribution in [-0.2, 0) is 0 Å². The molecule has 160 valence electrons. The number of furan rings is 1. The number of piperazine rings is 1. The number of benzene rings is 2. The van der Waals surface area contributed by atoms with E-state index >= 15 is 0 Å². The predicted molar refractivity (Wildman–Crippen MR) is 122 cm³/mol. The molecule has 2 amide bonds. The van der Waals surface area contributed by atoms with Crippen molar-refractivity contribution in [3.05, 3.63) is 83.8 Å². The average Bonchev–Trinajstić information content (AvgIpc) is 3.34. The van der Waals surface area contributed by atoms with Gasteiger partial charge in [0, 0.05) is 43.1 Å². The first-order chi connectivity index (χ1) is 15.0. The summed E-state index contributed by atoms with van der Waals surface area (Å²) in [6.07, 6.45) is 1.52. The Morgan fingerprint density at radius 1 is 0.903 bits per heavy atom. The topological polar surface area (TPSA) is 65.8 Å². The molecule has 1 aliphatic heterocycles. The summed E-state index contributed by atoms with van der Waals surface area (Å²) >= 11 is 0. The fourth-order valence-corrected chi connectivity index (χ4v) is 3.70. The van der Waals surface area contributed by atoms with Crippen LogP contribution in [0.2, 0.25) is 0 Å². The Bertz CT molecular complexity index is 1020. The highest BCUT2D eigenvalue weighted by Gasteiger charge is 2.23. The summed E-state index contributed by atoms with van der Waals surface area (Å²) in [5.74, 6) is 0.638. The van der Waals surface area contributed by atoms with Crippen LogP contribution in [0.25, 0.3) is 0 Å². The summed E-state index contributed by atoms with van der Waals surface area (Å²) in [5.41, 5.74) is 3.69. The second-order valence-corrected chi connectivity index (χ2v) is 8.03. The molecular formula is C25H27N3O3. The lowest BCUT2D eigenvalue weighted by atomic mass is 10.0. The highest BCUT2D eigenvalue weighted by molar-refractivity contribution is 6.04. The summed E-state index contributed by atoms with van der Waals surface area (Å²) in [5, 5.41) is 2.95. The maximum Gasteiger partial charge on any atom is 0.289 e. The lowest BCUT2D eigenvalue weighted by Gasteiger charge is -2.35. The zero-order valence-corrected chi connectivity index (χ0v) is 17.9. The molecule has 6 nitrogen and oxygen atoms in total. The minimum absolute atomic E-state index is 0.0656. The van der Waals surface area contributed by atoms with Gasteiger partial charge >= 0.3 is 0 Å². The van der Waals surface area contributed by atoms with E-state index in [9.17, 15) is 9.59 Å². The van der Waals surface area contributed by atoms with Crippen LogP contribution < -0.4 is 10.2 Å². The Morgan fingerprint density at radius 2 is 1.58 bits per heavy atom. The van der Waals surface area contributed by atoms with Gasteiger partial charge in [-0.2, -0.15) is 0 Å². The standard InChI is InChI=1S/C25H27N3O3/c1-18(2)19-5-7-20(8-6-19)24(29)26-21-9-11-22(12-10-21)27-13-15-28(16-14-27)25(30)23-4-3-17-31-23/h3-12,17-18H,13-16H2,1-2H3,(H,26,29). The number of nitrogens with zero attached hydrogens (tertiary/aromatic N) is 2. The minimum Gasteiger partial charge on any atom is -0.459 e. The summed E-state index contributed by atoms with van der Waals surface area (Å²) in [6, 6.07) is 19.0. The van der Waals surface area contributed by atoms with Gasteiger partial charge < -0.3 is 19.5 Å². The van der Waals surface area contributed by atoms with E-state index in [1.165, 1.54) is 11.8 Å². The van der Waals surface area contributed by atoms with E-state index in [1.54, 1.807) is 12.1 Å². The van der Waals surface area contributed by atoms with Crippen LogP contribution in [0.1, 0.15) is 46.2 Å². The third kappa shape index (κ3) is 4.79. The third-order valence-corrected chi connectivity index (χ3v) is 5.63. The van der Waals surface area contributed by atoms with Gasteiger partial charge in [-0.3, -0.25) is 9.59 Å². The van der Waals surface area contributed by atoms with Crippen LogP contribution >= 0.6 is 0 Å². The number of rotatable bonds is 5. The molecule has 1 N–H and O–H groups in total. The smallest absolute Gasteiger partial charge is 0.289 e. The number of carbonyl (C=O) groups excluding carboxylic acids is 2. The van der Waals surface area contributed by atoms with Crippen molar-refractivity contribution in [1.82, 2.24) is 4.90 Å². The lowest BCUT2D eigenvalue weighted by Crippen LogP contribution is -2.48. The quantitative estimate of drug-likeness (QED) is 0.658. The normalized spacial score (nSPS) is 14.0. The molecule has 0 saturated carbocycles. The van der Waals surface area contributed by atoms with Crippen molar-refractivity contribution in [2.45, 2.75) is 19.8 Å². The van der Waals surface area contributed by atoms with E-state index in [1.807, 2.05) is 53.4 Å². The second-order valence-electron chi connectivity index (χ2n) is 8.03. The zero-order chi connectivity index (χ0) is 21.8. The summed E-state index contributed by atoms with van der Waals surface area (Å²) in [4.78, 5) is 29.0. The van der Waals surface area contributed by atoms with Crippen molar-refractivity contribution in [2.24, 2.45) is 0 Å². The number of amides is 2. The lowest BCUT2D eigenvalue weighted by molar-refractivity contribution is 0.0714. The predicted octanol–water partition coefficient (Wildman–Crippen LogP) is 4.62. The number of carbonyl (C=O) groups is 2. The molecule has 0 aliphatic carbocycles. The number of anilines is 2. The van der Waals surface area contributed by atoms with E-state index in [-0.39, 0.29) is 11.8 Å². The highest BCUT2D eigenvalue weighted by atomic mass is 16.3. The third-order valence-electron chi connectivity index (χ3n) is 5.63. The van der Waals surface area contributed by atoms with Crippen molar-refractivity contribution < 1.29 is 14.0 Å². The van der Waals surface area contributed by atoms with E-state index < -0.39 is 0 Å². The number of hydrogen-bond acceptors (Lipinski definition) is 4. The largest absolute Gasteiger partial charge is 0.459 e. The fourth-order valence-electron chi connectivity index (χ4n) is 3.70. The first-order valence-corrected chi connectivity index (χ1v) is 10.6. The molecular weight excluding hydrogens is 390 g/mol. The van der Waals surface area contributed by atoms with Gasteiger partial charge in [0.15, 0.2) is 5.76 Å². The van der Waals surface area contributed by atoms with Crippen molar-refractivity contribution in [2.75, 3.05) is 36.4 Å². The molecule has 1 aromatic heterocycles. The van der Waals surface area contributed by atoms with Gasteiger partial charge in [-0.25, -0.2) is 0 Å². The van der Waals surface area contributed by atoms with Crippen molar-refractivity contribution >= 4 is 23.2 Å². The number of nitrogens with one attached hydrogen (secondary N) is 1. The van der Waals surface area contributed by atoms with Crippen LogP contribution in [-0.4, -0.2) is 42.9 Å². The Morgan fingerprint density at radius 3 is 2.16 bits per heavy atom. The molecule has 4 rings (SSSR count). The molecule has 2 aromatic carbocycles. The van der Waals surface area contributed by atoms with Crippen LogP contribution in [0.5, 0.6) is 0 Å². The molecule has 1 fully saturated rings. The average molecular weight is 418 g/mol. The van der Waals surface area contributed by atoms with Gasteiger partial charge in [0.1, 0.15) is 0 Å². The molecule has 1 saturated heterocycles. The second kappa shape index (κ2) is 9.08. The molecule has 1 aliphatic rings. The van der Waals surface area contributed by atoms with Crippen LogP contribution in [0.15, 0.2) is 71.3 Å². The molecule has 0 atom stereocenters. The van der Waals surface area contributed by atoms with E-state index in [2.05, 4.69) is 24.1 Å². The molecule has 31 heavy (non-hydrogen) atoms. The Labute approximate surface area is 182 Å². The van der Waals surface area contributed by atoms with Crippen LogP contribution in [0, 0.1) is 0 Å². The van der Waals surface area contributed by atoms with Crippen molar-refractivity contribution in [3.8, 4) is 0 Å². The Balaban J connectivity index is 1.32.